The maximum Gasteiger partial charge on any atom is 0.0843 e. The number of hydrogen-bond donors (Lipinski definition) is 1. The van der Waals surface area contributed by atoms with E-state index < -0.39 is 10.8 Å². The van der Waals surface area contributed by atoms with Crippen LogP contribution < -0.4 is 0 Å². The first-order chi connectivity index (χ1) is 7.72. The van der Waals surface area contributed by atoms with Gasteiger partial charge in [0.05, 0.1) is 10.8 Å². The molecule has 0 saturated heterocycles. The normalized spacial score (nSPS) is 13.3. The molecule has 1 heterocycles. The van der Waals surface area contributed by atoms with Crippen molar-refractivity contribution in [2.75, 3.05) is 0 Å². The lowest BCUT2D eigenvalue weighted by molar-refractivity contribution is 0.687. The summed E-state index contributed by atoms with van der Waals surface area (Å²) in [6, 6.07) is 7.69. The van der Waals surface area contributed by atoms with Gasteiger partial charge in [-0.3, -0.25) is 0 Å². The van der Waals surface area contributed by atoms with Crippen LogP contribution >= 0.6 is 0 Å². The maximum atomic E-state index is 12.1. The van der Waals surface area contributed by atoms with E-state index in [0.29, 0.717) is 4.91 Å². The second kappa shape index (κ2) is 4.49. The van der Waals surface area contributed by atoms with Gasteiger partial charge < -0.3 is 4.98 Å². The van der Waals surface area contributed by atoms with Gasteiger partial charge in [-0.2, -0.15) is 0 Å². The van der Waals surface area contributed by atoms with Gasteiger partial charge in [-0.15, -0.1) is 0 Å². The van der Waals surface area contributed by atoms with Crippen LogP contribution in [-0.2, 0) is 10.8 Å². The molecule has 1 aromatic carbocycles. The molecule has 0 amide bonds. The van der Waals surface area contributed by atoms with Gasteiger partial charge in [0.1, 0.15) is 0 Å². The zero-order valence-electron chi connectivity index (χ0n) is 9.07. The average Bonchev–Trinajstić information content (AvgIpc) is 2.75. The molecule has 2 aromatic rings. The highest BCUT2D eigenvalue weighted by Crippen LogP contribution is 2.20. The standard InChI is InChI=1S/C13H13NOS/c1-3-4-10(2)16(15)12-5-6-13-11(9-12)7-8-14-13/h3-9,14H,2H2,1H3. The molecule has 3 heteroatoms. The topological polar surface area (TPSA) is 32.9 Å². The van der Waals surface area contributed by atoms with E-state index in [1.165, 1.54) is 0 Å². The lowest BCUT2D eigenvalue weighted by Gasteiger charge is -2.01. The van der Waals surface area contributed by atoms with Gasteiger partial charge in [0.2, 0.25) is 0 Å². The Bertz CT molecular complexity index is 580. The SMILES string of the molecule is C=C(C=CC)S(=O)c1ccc2[nH]ccc2c1. The summed E-state index contributed by atoms with van der Waals surface area (Å²) in [5.74, 6) is 0. The highest BCUT2D eigenvalue weighted by atomic mass is 32.2. The van der Waals surface area contributed by atoms with Gasteiger partial charge in [-0.1, -0.05) is 18.7 Å². The van der Waals surface area contributed by atoms with Gasteiger partial charge in [-0.25, -0.2) is 4.21 Å². The second-order valence-corrected chi connectivity index (χ2v) is 5.00. The minimum absolute atomic E-state index is 0.623. The Morgan fingerprint density at radius 3 is 3.00 bits per heavy atom. The molecule has 16 heavy (non-hydrogen) atoms. The average molecular weight is 231 g/mol. The Morgan fingerprint density at radius 1 is 1.44 bits per heavy atom. The number of aromatic nitrogens is 1. The molecular formula is C13H13NOS. The van der Waals surface area contributed by atoms with Crippen LogP contribution in [0.15, 0.2) is 59.0 Å². The summed E-state index contributed by atoms with van der Waals surface area (Å²) < 4.78 is 12.1. The molecule has 0 saturated carbocycles. The molecule has 0 spiro atoms. The largest absolute Gasteiger partial charge is 0.361 e. The number of fused-ring (bicyclic) bond motifs is 1. The molecule has 82 valence electrons. The van der Waals surface area contributed by atoms with E-state index in [2.05, 4.69) is 11.6 Å². The maximum absolute atomic E-state index is 12.1. The number of aromatic amines is 1. The van der Waals surface area contributed by atoms with Crippen molar-refractivity contribution in [2.45, 2.75) is 11.8 Å². The first-order valence-electron chi connectivity index (χ1n) is 5.03. The Labute approximate surface area is 97.1 Å². The van der Waals surface area contributed by atoms with E-state index in [1.807, 2.05) is 43.5 Å². The van der Waals surface area contributed by atoms with Crippen LogP contribution in [0.5, 0.6) is 0 Å². The molecular weight excluding hydrogens is 218 g/mol. The predicted octanol–water partition coefficient (Wildman–Crippen LogP) is 3.37. The minimum atomic E-state index is -1.16. The Hall–Kier alpha value is -1.61. The van der Waals surface area contributed by atoms with Crippen molar-refractivity contribution in [3.63, 3.8) is 0 Å². The molecule has 2 rings (SSSR count). The first kappa shape index (κ1) is 10.9. The van der Waals surface area contributed by atoms with Gasteiger partial charge in [0.25, 0.3) is 0 Å². The highest BCUT2D eigenvalue weighted by Gasteiger charge is 2.06. The number of hydrogen-bond acceptors (Lipinski definition) is 1. The zero-order valence-corrected chi connectivity index (χ0v) is 9.88. The summed E-state index contributed by atoms with van der Waals surface area (Å²) in [6.45, 7) is 5.68. The fraction of sp³-hybridized carbons (Fsp3) is 0.0769. The molecule has 1 N–H and O–H groups in total. The monoisotopic (exact) mass is 231 g/mol. The Morgan fingerprint density at radius 2 is 2.25 bits per heavy atom. The molecule has 1 unspecified atom stereocenters. The van der Waals surface area contributed by atoms with E-state index in [4.69, 9.17) is 0 Å². The molecule has 0 bridgehead atoms. The van der Waals surface area contributed by atoms with E-state index in [-0.39, 0.29) is 0 Å². The van der Waals surface area contributed by atoms with Gasteiger partial charge in [0, 0.05) is 26.9 Å². The molecule has 0 radical (unpaired) electrons. The van der Waals surface area contributed by atoms with Crippen molar-refractivity contribution in [1.82, 2.24) is 4.98 Å². The van der Waals surface area contributed by atoms with Crippen LogP contribution in [0.25, 0.3) is 10.9 Å². The van der Waals surface area contributed by atoms with Crippen molar-refractivity contribution in [3.8, 4) is 0 Å². The molecule has 1 aromatic heterocycles. The summed E-state index contributed by atoms with van der Waals surface area (Å²) in [4.78, 5) is 4.51. The zero-order chi connectivity index (χ0) is 11.5. The quantitative estimate of drug-likeness (QED) is 0.807. The third kappa shape index (κ3) is 1.99. The minimum Gasteiger partial charge on any atom is -0.361 e. The number of nitrogens with one attached hydrogen (secondary N) is 1. The third-order valence-corrected chi connectivity index (χ3v) is 3.62. The Kier molecular flexibility index (Phi) is 3.06. The van der Waals surface area contributed by atoms with Crippen molar-refractivity contribution in [3.05, 3.63) is 54.1 Å². The van der Waals surface area contributed by atoms with Crippen LogP contribution in [0.3, 0.4) is 0 Å². The molecule has 0 aliphatic heterocycles. The van der Waals surface area contributed by atoms with E-state index in [1.54, 1.807) is 6.08 Å². The molecule has 0 fully saturated rings. The predicted molar refractivity (Wildman–Crippen MR) is 68.7 cm³/mol. The summed E-state index contributed by atoms with van der Waals surface area (Å²) >= 11 is 0. The molecule has 0 aliphatic rings. The Balaban J connectivity index is 2.39. The van der Waals surface area contributed by atoms with Crippen LogP contribution in [0, 0.1) is 0 Å². The first-order valence-corrected chi connectivity index (χ1v) is 6.18. The van der Waals surface area contributed by atoms with Gasteiger partial charge >= 0.3 is 0 Å². The van der Waals surface area contributed by atoms with Crippen LogP contribution in [0.1, 0.15) is 6.92 Å². The molecule has 0 aliphatic carbocycles. The van der Waals surface area contributed by atoms with E-state index in [9.17, 15) is 4.21 Å². The fourth-order valence-corrected chi connectivity index (χ4v) is 2.53. The van der Waals surface area contributed by atoms with Crippen molar-refractivity contribution in [1.29, 1.82) is 0 Å². The smallest absolute Gasteiger partial charge is 0.0843 e. The van der Waals surface area contributed by atoms with Crippen molar-refractivity contribution in [2.24, 2.45) is 0 Å². The fourth-order valence-electron chi connectivity index (χ4n) is 1.55. The lowest BCUT2D eigenvalue weighted by Crippen LogP contribution is -1.92. The van der Waals surface area contributed by atoms with E-state index >= 15 is 0 Å². The van der Waals surface area contributed by atoms with Crippen LogP contribution in [0.2, 0.25) is 0 Å². The number of H-pyrrole nitrogens is 1. The molecule has 1 atom stereocenters. The summed E-state index contributed by atoms with van der Waals surface area (Å²) in [7, 11) is -1.16. The number of rotatable bonds is 3. The van der Waals surface area contributed by atoms with Gasteiger partial charge in [-0.05, 0) is 31.2 Å². The van der Waals surface area contributed by atoms with E-state index in [0.717, 1.165) is 15.8 Å². The van der Waals surface area contributed by atoms with Crippen LogP contribution in [0.4, 0.5) is 0 Å². The van der Waals surface area contributed by atoms with Crippen LogP contribution in [-0.4, -0.2) is 9.19 Å². The second-order valence-electron chi connectivity index (χ2n) is 3.46. The van der Waals surface area contributed by atoms with Crippen molar-refractivity contribution >= 4 is 21.7 Å². The third-order valence-electron chi connectivity index (χ3n) is 2.33. The number of benzene rings is 1. The lowest BCUT2D eigenvalue weighted by atomic mass is 10.2. The molecule has 2 nitrogen and oxygen atoms in total. The number of allylic oxidation sites excluding steroid dienone is 2. The van der Waals surface area contributed by atoms with Gasteiger partial charge in [0.15, 0.2) is 0 Å². The highest BCUT2D eigenvalue weighted by molar-refractivity contribution is 7.89. The summed E-state index contributed by atoms with van der Waals surface area (Å²) in [5.41, 5.74) is 1.05. The van der Waals surface area contributed by atoms with Crippen molar-refractivity contribution < 1.29 is 4.21 Å². The summed E-state index contributed by atoms with van der Waals surface area (Å²) in [5, 5.41) is 1.07. The summed E-state index contributed by atoms with van der Waals surface area (Å²) in [6.07, 6.45) is 5.49.